The highest BCUT2D eigenvalue weighted by Gasteiger charge is 2.40. The molecule has 0 saturated carbocycles. The third kappa shape index (κ3) is 9.09. The molecule has 2 unspecified atom stereocenters. The van der Waals surface area contributed by atoms with Crippen LogP contribution in [0.25, 0.3) is 6.08 Å². The molecule has 0 amide bonds. The summed E-state index contributed by atoms with van der Waals surface area (Å²) in [5.74, 6) is -1.49. The number of hydrogen-bond acceptors (Lipinski definition) is 17. The summed E-state index contributed by atoms with van der Waals surface area (Å²) >= 11 is 0. The molecule has 4 aromatic rings. The van der Waals surface area contributed by atoms with E-state index in [0.717, 1.165) is 12.1 Å². The Morgan fingerprint density at radius 2 is 1.28 bits per heavy atom. The zero-order valence-corrected chi connectivity index (χ0v) is 31.1. The lowest BCUT2D eigenvalue weighted by molar-refractivity contribution is -0.115. The van der Waals surface area contributed by atoms with Crippen molar-refractivity contribution < 1.29 is 48.5 Å². The molecule has 0 saturated heterocycles. The number of carbonyl (C=O) groups excluding carboxylic acids is 2. The van der Waals surface area contributed by atoms with Crippen molar-refractivity contribution >= 4 is 87.8 Å². The number of nitrogens with two attached hydrogens (primary N) is 2. The lowest BCUT2D eigenvalue weighted by atomic mass is 9.91. The van der Waals surface area contributed by atoms with Crippen molar-refractivity contribution in [2.75, 3.05) is 11.1 Å². The predicted molar refractivity (Wildman–Crippen MR) is 204 cm³/mol. The van der Waals surface area contributed by atoms with Gasteiger partial charge in [-0.25, -0.2) is 0 Å². The summed E-state index contributed by atoms with van der Waals surface area (Å²) in [6.07, 6.45) is 4.99. The van der Waals surface area contributed by atoms with E-state index in [-0.39, 0.29) is 22.8 Å². The maximum absolute atomic E-state index is 13.7. The number of carbonyl (C=O) groups is 2. The summed E-state index contributed by atoms with van der Waals surface area (Å²) in [6.45, 7) is 0. The number of ketones is 2. The van der Waals surface area contributed by atoms with E-state index in [4.69, 9.17) is 11.5 Å². The van der Waals surface area contributed by atoms with Crippen molar-refractivity contribution in [1.29, 1.82) is 0 Å². The van der Waals surface area contributed by atoms with Crippen molar-refractivity contribution in [3.63, 3.8) is 0 Å². The fraction of sp³-hybridized carbons (Fsp3) is 0.0588. The summed E-state index contributed by atoms with van der Waals surface area (Å²) in [4.78, 5) is 23.1. The Morgan fingerprint density at radius 1 is 0.649 bits per heavy atom. The van der Waals surface area contributed by atoms with E-state index >= 15 is 0 Å². The van der Waals surface area contributed by atoms with Crippen LogP contribution >= 0.6 is 0 Å². The summed E-state index contributed by atoms with van der Waals surface area (Å²) in [5, 5.41) is 26.1. The zero-order valence-electron chi connectivity index (χ0n) is 28.6. The standard InChI is InChI=1S/C34H27N9O11S3/c35-19-6-12-24(26(44)16-19)41-38-22-9-7-20(8-10-22)37-25-13-11-23(17-27(25)55(46,47)48)40-42-32-28(56(49,50)51)14-18-15-29(57(52,53)54)33(34(45)30(18)31(32)36)43-39-21-4-2-1-3-5-21/h1-17,24,33,37H,35-36H2,(H,46,47,48)(H,49,50,51)(H,52,53,54). The molecule has 2 aliphatic carbocycles. The molecule has 0 spiro atoms. The topological polar surface area (TPSA) is 335 Å². The van der Waals surface area contributed by atoms with Crippen molar-refractivity contribution in [3.8, 4) is 0 Å². The third-order valence-electron chi connectivity index (χ3n) is 8.04. The second-order valence-electron chi connectivity index (χ2n) is 12.0. The molecule has 0 heterocycles. The minimum Gasteiger partial charge on any atom is -0.399 e. The Labute approximate surface area is 323 Å². The number of anilines is 3. The molecule has 23 heteroatoms. The number of Topliss-reactive ketones (excluding diaryl/α,β-unsaturated/α-hetero) is 1. The number of fused-ring (bicyclic) bond motifs is 1. The fourth-order valence-electron chi connectivity index (χ4n) is 5.40. The second-order valence-corrected chi connectivity index (χ2v) is 16.2. The first-order valence-electron chi connectivity index (χ1n) is 15.9. The van der Waals surface area contributed by atoms with Gasteiger partial charge in [-0.15, -0.1) is 5.11 Å². The van der Waals surface area contributed by atoms with Crippen LogP contribution in [0.4, 0.5) is 39.8 Å². The summed E-state index contributed by atoms with van der Waals surface area (Å²) in [7, 11) is -15.3. The molecule has 2 aliphatic rings. The average Bonchev–Trinajstić information content (AvgIpc) is 3.13. The largest absolute Gasteiger partial charge is 0.399 e. The Hall–Kier alpha value is -6.63. The molecule has 0 radical (unpaired) electrons. The van der Waals surface area contributed by atoms with Gasteiger partial charge in [0.1, 0.15) is 20.4 Å². The number of rotatable bonds is 11. The first-order chi connectivity index (χ1) is 26.8. The van der Waals surface area contributed by atoms with E-state index in [1.165, 1.54) is 66.8 Å². The van der Waals surface area contributed by atoms with Gasteiger partial charge in [-0.05, 0) is 84.5 Å². The van der Waals surface area contributed by atoms with Crippen LogP contribution in [0.3, 0.4) is 0 Å². The van der Waals surface area contributed by atoms with Gasteiger partial charge in [0.2, 0.25) is 0 Å². The van der Waals surface area contributed by atoms with Crippen molar-refractivity contribution in [2.24, 2.45) is 36.4 Å². The van der Waals surface area contributed by atoms with Crippen LogP contribution < -0.4 is 16.8 Å². The van der Waals surface area contributed by atoms with Crippen molar-refractivity contribution in [2.45, 2.75) is 21.9 Å². The molecule has 292 valence electrons. The Bertz CT molecular complexity index is 2860. The van der Waals surface area contributed by atoms with Crippen LogP contribution in [0.5, 0.6) is 0 Å². The Morgan fingerprint density at radius 3 is 1.91 bits per heavy atom. The van der Waals surface area contributed by atoms with E-state index in [1.807, 2.05) is 0 Å². The van der Waals surface area contributed by atoms with E-state index < -0.39 is 85.4 Å². The molecular formula is C34H27N9O11S3. The summed E-state index contributed by atoms with van der Waals surface area (Å²) in [5.41, 5.74) is 10.1. The van der Waals surface area contributed by atoms with E-state index in [2.05, 4.69) is 36.0 Å². The number of nitrogen functional groups attached to an aromatic ring is 1. The number of azo groups is 3. The van der Waals surface area contributed by atoms with E-state index in [9.17, 15) is 48.5 Å². The first-order valence-corrected chi connectivity index (χ1v) is 20.3. The van der Waals surface area contributed by atoms with Gasteiger partial charge in [0.05, 0.1) is 34.0 Å². The smallest absolute Gasteiger partial charge is 0.296 e. The predicted octanol–water partition coefficient (Wildman–Crippen LogP) is 5.93. The molecule has 4 aromatic carbocycles. The molecule has 57 heavy (non-hydrogen) atoms. The van der Waals surface area contributed by atoms with Crippen LogP contribution in [-0.4, -0.2) is 62.6 Å². The maximum atomic E-state index is 13.7. The Kier molecular flexibility index (Phi) is 10.9. The normalized spacial score (nSPS) is 17.6. The molecule has 2 atom stereocenters. The van der Waals surface area contributed by atoms with Crippen LogP contribution in [0.1, 0.15) is 15.9 Å². The minimum absolute atomic E-state index is 0.136. The van der Waals surface area contributed by atoms with Gasteiger partial charge >= 0.3 is 0 Å². The van der Waals surface area contributed by atoms with E-state index in [1.54, 1.807) is 18.2 Å². The monoisotopic (exact) mass is 833 g/mol. The molecule has 0 aliphatic heterocycles. The van der Waals surface area contributed by atoms with Gasteiger partial charge in [-0.3, -0.25) is 23.2 Å². The van der Waals surface area contributed by atoms with Gasteiger partial charge in [0.25, 0.3) is 30.4 Å². The first kappa shape index (κ1) is 40.0. The SMILES string of the molecule is NC1=CC(=O)C(N=Nc2ccc(Nc3ccc(N=Nc4c(S(=O)(=O)O)cc5c(c4N)C(=O)C(N=Nc4ccccc4)C(S(=O)(=O)O)=C5)cc3S(=O)(=O)O)cc2)C=C1. The molecule has 0 bridgehead atoms. The van der Waals surface area contributed by atoms with Crippen LogP contribution in [-0.2, 0) is 35.1 Å². The molecule has 6 rings (SSSR count). The molecule has 0 fully saturated rings. The van der Waals surface area contributed by atoms with Gasteiger partial charge < -0.3 is 16.8 Å². The van der Waals surface area contributed by atoms with Crippen molar-refractivity contribution in [3.05, 3.63) is 119 Å². The van der Waals surface area contributed by atoms with Crippen molar-refractivity contribution in [1.82, 2.24) is 0 Å². The molecule has 0 aromatic heterocycles. The van der Waals surface area contributed by atoms with Crippen LogP contribution in [0, 0.1) is 0 Å². The lowest BCUT2D eigenvalue weighted by Crippen LogP contribution is -2.30. The van der Waals surface area contributed by atoms with E-state index in [0.29, 0.717) is 23.1 Å². The maximum Gasteiger partial charge on any atom is 0.296 e. The highest BCUT2D eigenvalue weighted by Crippen LogP contribution is 2.42. The summed E-state index contributed by atoms with van der Waals surface area (Å²) < 4.78 is 104. The van der Waals surface area contributed by atoms with Crippen LogP contribution in [0.15, 0.2) is 148 Å². The number of nitrogens with zero attached hydrogens (tertiary/aromatic N) is 6. The molecular weight excluding hydrogens is 807 g/mol. The molecule has 8 N–H and O–H groups in total. The lowest BCUT2D eigenvalue weighted by Gasteiger charge is -2.22. The van der Waals surface area contributed by atoms with Gasteiger partial charge in [-0.2, -0.15) is 50.8 Å². The highest BCUT2D eigenvalue weighted by atomic mass is 32.2. The van der Waals surface area contributed by atoms with Gasteiger partial charge in [0, 0.05) is 17.5 Å². The van der Waals surface area contributed by atoms with Crippen LogP contribution in [0.2, 0.25) is 0 Å². The van der Waals surface area contributed by atoms with Gasteiger partial charge in [0.15, 0.2) is 23.7 Å². The Balaban J connectivity index is 1.33. The fourth-order valence-corrected chi connectivity index (χ4v) is 7.45. The summed E-state index contributed by atoms with van der Waals surface area (Å²) in [6, 6.07) is 15.0. The number of benzene rings is 4. The highest BCUT2D eigenvalue weighted by molar-refractivity contribution is 7.90. The zero-order chi connectivity index (χ0) is 41.3. The third-order valence-corrected chi connectivity index (χ3v) is 10.7. The average molecular weight is 834 g/mol. The minimum atomic E-state index is -5.23. The quantitative estimate of drug-likeness (QED) is 0.0579. The molecule has 20 nitrogen and oxygen atoms in total. The number of hydrogen-bond donors (Lipinski definition) is 6. The number of allylic oxidation sites excluding steroid dienone is 1. The second kappa shape index (κ2) is 15.5. The number of nitrogens with one attached hydrogen (secondary N) is 1. The van der Waals surface area contributed by atoms with Gasteiger partial charge in [-0.1, -0.05) is 18.2 Å².